The molecule has 1 heterocycles. The minimum Gasteiger partial charge on any atom is -0.396 e. The Kier molecular flexibility index (Phi) is 2.91. The molecule has 2 rings (SSSR count). The quantitative estimate of drug-likeness (QED) is 0.881. The fourth-order valence-corrected chi connectivity index (χ4v) is 2.83. The van der Waals surface area contributed by atoms with Crippen LogP contribution in [-0.2, 0) is 0 Å². The van der Waals surface area contributed by atoms with Gasteiger partial charge in [-0.05, 0) is 29.7 Å². The fourth-order valence-electron chi connectivity index (χ4n) is 1.37. The molecule has 1 nitrogen and oxygen atoms in total. The molecule has 1 aromatic carbocycles. The normalized spacial score (nSPS) is 13.4. The second-order valence-corrected chi connectivity index (χ2v) is 5.45. The Morgan fingerprint density at radius 2 is 2.21 bits per heavy atom. The van der Waals surface area contributed by atoms with Crippen LogP contribution in [0.2, 0.25) is 0 Å². The summed E-state index contributed by atoms with van der Waals surface area (Å²) in [6.45, 7) is 2.26. The number of hydrogen-bond donors (Lipinski definition) is 1. The van der Waals surface area contributed by atoms with E-state index in [4.69, 9.17) is 5.11 Å². The van der Waals surface area contributed by atoms with Crippen LogP contribution in [0.1, 0.15) is 17.7 Å². The standard InChI is InChI=1S/C11H11BrOS/c1-7(6-13)11-5-8-4-9(12)2-3-10(8)14-11/h2-5,7,13H,6H2,1H3. The van der Waals surface area contributed by atoms with Crippen molar-refractivity contribution in [2.75, 3.05) is 6.61 Å². The smallest absolute Gasteiger partial charge is 0.0504 e. The molecular weight excluding hydrogens is 260 g/mol. The maximum Gasteiger partial charge on any atom is 0.0504 e. The molecule has 0 saturated heterocycles. The van der Waals surface area contributed by atoms with E-state index in [1.165, 1.54) is 15.0 Å². The van der Waals surface area contributed by atoms with Crippen molar-refractivity contribution < 1.29 is 5.11 Å². The van der Waals surface area contributed by atoms with Crippen LogP contribution < -0.4 is 0 Å². The first-order valence-corrected chi connectivity index (χ1v) is 6.11. The Labute approximate surface area is 95.5 Å². The summed E-state index contributed by atoms with van der Waals surface area (Å²) in [5.74, 6) is 0.242. The summed E-state index contributed by atoms with van der Waals surface area (Å²) in [4.78, 5) is 1.25. The summed E-state index contributed by atoms with van der Waals surface area (Å²) in [7, 11) is 0. The Morgan fingerprint density at radius 3 is 2.93 bits per heavy atom. The molecule has 2 aromatic rings. The fraction of sp³-hybridized carbons (Fsp3) is 0.273. The Balaban J connectivity index is 2.51. The van der Waals surface area contributed by atoms with Crippen molar-refractivity contribution in [2.45, 2.75) is 12.8 Å². The third-order valence-electron chi connectivity index (χ3n) is 2.26. The Hall–Kier alpha value is -0.380. The van der Waals surface area contributed by atoms with E-state index in [-0.39, 0.29) is 12.5 Å². The predicted octanol–water partition coefficient (Wildman–Crippen LogP) is 3.76. The van der Waals surface area contributed by atoms with Gasteiger partial charge in [-0.3, -0.25) is 0 Å². The van der Waals surface area contributed by atoms with Crippen LogP contribution in [0, 0.1) is 0 Å². The zero-order valence-corrected chi connectivity index (χ0v) is 10.2. The number of rotatable bonds is 2. The topological polar surface area (TPSA) is 20.2 Å². The van der Waals surface area contributed by atoms with Gasteiger partial charge in [-0.2, -0.15) is 0 Å². The summed E-state index contributed by atoms with van der Waals surface area (Å²) < 4.78 is 2.38. The summed E-state index contributed by atoms with van der Waals surface area (Å²) in [6, 6.07) is 8.43. The molecule has 14 heavy (non-hydrogen) atoms. The molecule has 0 amide bonds. The van der Waals surface area contributed by atoms with Crippen molar-refractivity contribution in [3.05, 3.63) is 33.6 Å². The first-order chi connectivity index (χ1) is 6.70. The van der Waals surface area contributed by atoms with Crippen LogP contribution in [0.15, 0.2) is 28.7 Å². The molecule has 1 aromatic heterocycles. The van der Waals surface area contributed by atoms with Gasteiger partial charge in [-0.1, -0.05) is 22.9 Å². The number of benzene rings is 1. The van der Waals surface area contributed by atoms with Crippen LogP contribution in [0.25, 0.3) is 10.1 Å². The molecule has 0 radical (unpaired) electrons. The molecule has 1 unspecified atom stereocenters. The van der Waals surface area contributed by atoms with Crippen LogP contribution in [-0.4, -0.2) is 11.7 Å². The van der Waals surface area contributed by atoms with Gasteiger partial charge in [0.1, 0.15) is 0 Å². The van der Waals surface area contributed by atoms with Crippen LogP contribution in [0.4, 0.5) is 0 Å². The lowest BCUT2D eigenvalue weighted by Gasteiger charge is -2.01. The third kappa shape index (κ3) is 1.85. The molecule has 0 aliphatic rings. The van der Waals surface area contributed by atoms with E-state index >= 15 is 0 Å². The highest BCUT2D eigenvalue weighted by Crippen LogP contribution is 2.32. The number of halogens is 1. The number of fused-ring (bicyclic) bond motifs is 1. The second kappa shape index (κ2) is 4.01. The van der Waals surface area contributed by atoms with Gasteiger partial charge in [0.25, 0.3) is 0 Å². The minimum absolute atomic E-state index is 0.216. The van der Waals surface area contributed by atoms with Crippen molar-refractivity contribution in [2.24, 2.45) is 0 Å². The van der Waals surface area contributed by atoms with E-state index in [1.54, 1.807) is 11.3 Å². The highest BCUT2D eigenvalue weighted by atomic mass is 79.9. The number of aliphatic hydroxyl groups is 1. The van der Waals surface area contributed by atoms with Crippen LogP contribution in [0.5, 0.6) is 0 Å². The summed E-state index contributed by atoms with van der Waals surface area (Å²) >= 11 is 5.21. The van der Waals surface area contributed by atoms with Gasteiger partial charge in [0, 0.05) is 20.0 Å². The molecule has 1 atom stereocenters. The van der Waals surface area contributed by atoms with Gasteiger partial charge >= 0.3 is 0 Å². The molecule has 0 aliphatic carbocycles. The van der Waals surface area contributed by atoms with Crippen molar-refractivity contribution in [3.63, 3.8) is 0 Å². The summed E-state index contributed by atoms with van der Waals surface area (Å²) in [5.41, 5.74) is 0. The molecule has 3 heteroatoms. The van der Waals surface area contributed by atoms with E-state index in [0.29, 0.717) is 0 Å². The van der Waals surface area contributed by atoms with Gasteiger partial charge < -0.3 is 5.11 Å². The van der Waals surface area contributed by atoms with E-state index in [2.05, 4.69) is 34.1 Å². The van der Waals surface area contributed by atoms with Crippen LogP contribution >= 0.6 is 27.3 Å². The van der Waals surface area contributed by atoms with E-state index in [9.17, 15) is 0 Å². The number of hydrogen-bond acceptors (Lipinski definition) is 2. The molecule has 0 aliphatic heterocycles. The van der Waals surface area contributed by atoms with Gasteiger partial charge in [-0.25, -0.2) is 0 Å². The largest absolute Gasteiger partial charge is 0.396 e. The maximum absolute atomic E-state index is 9.07. The highest BCUT2D eigenvalue weighted by Gasteiger charge is 2.08. The predicted molar refractivity (Wildman–Crippen MR) is 65.0 cm³/mol. The lowest BCUT2D eigenvalue weighted by molar-refractivity contribution is 0.274. The van der Waals surface area contributed by atoms with Gasteiger partial charge in [0.2, 0.25) is 0 Å². The van der Waals surface area contributed by atoms with Gasteiger partial charge in [0.15, 0.2) is 0 Å². The van der Waals surface area contributed by atoms with Gasteiger partial charge in [0.05, 0.1) is 6.61 Å². The molecular formula is C11H11BrOS. The summed E-state index contributed by atoms with van der Waals surface area (Å²) in [6.07, 6.45) is 0. The molecule has 0 saturated carbocycles. The minimum atomic E-state index is 0.216. The monoisotopic (exact) mass is 270 g/mol. The molecule has 1 N–H and O–H groups in total. The van der Waals surface area contributed by atoms with Crippen LogP contribution in [0.3, 0.4) is 0 Å². The first kappa shape index (κ1) is 10.1. The maximum atomic E-state index is 9.07. The van der Waals surface area contributed by atoms with Crippen molar-refractivity contribution in [1.29, 1.82) is 0 Å². The zero-order chi connectivity index (χ0) is 10.1. The first-order valence-electron chi connectivity index (χ1n) is 4.50. The second-order valence-electron chi connectivity index (χ2n) is 3.41. The Bertz CT molecular complexity index is 449. The van der Waals surface area contributed by atoms with Gasteiger partial charge in [-0.15, -0.1) is 11.3 Å². The third-order valence-corrected chi connectivity index (χ3v) is 4.10. The molecule has 74 valence electrons. The van der Waals surface area contributed by atoms with E-state index < -0.39 is 0 Å². The lowest BCUT2D eigenvalue weighted by Crippen LogP contribution is -1.94. The average Bonchev–Trinajstić information content (AvgIpc) is 2.59. The highest BCUT2D eigenvalue weighted by molar-refractivity contribution is 9.10. The average molecular weight is 271 g/mol. The van der Waals surface area contributed by atoms with Crippen molar-refractivity contribution >= 4 is 37.4 Å². The van der Waals surface area contributed by atoms with Crippen molar-refractivity contribution in [3.8, 4) is 0 Å². The summed E-state index contributed by atoms with van der Waals surface area (Å²) in [5, 5.41) is 10.3. The zero-order valence-electron chi connectivity index (χ0n) is 7.83. The SMILES string of the molecule is CC(CO)c1cc2cc(Br)ccc2s1. The van der Waals surface area contributed by atoms with E-state index in [1.807, 2.05) is 13.0 Å². The van der Waals surface area contributed by atoms with Crippen molar-refractivity contribution in [1.82, 2.24) is 0 Å². The molecule has 0 bridgehead atoms. The molecule has 0 fully saturated rings. The number of thiophene rings is 1. The Morgan fingerprint density at radius 1 is 1.43 bits per heavy atom. The number of aliphatic hydroxyl groups excluding tert-OH is 1. The van der Waals surface area contributed by atoms with E-state index in [0.717, 1.165) is 4.47 Å². The lowest BCUT2D eigenvalue weighted by atomic mass is 10.1. The molecule has 0 spiro atoms.